The van der Waals surface area contributed by atoms with E-state index < -0.39 is 5.63 Å². The van der Waals surface area contributed by atoms with Gasteiger partial charge in [0, 0.05) is 11.5 Å². The van der Waals surface area contributed by atoms with Crippen molar-refractivity contribution in [2.24, 2.45) is 5.41 Å². The number of hydrogen-bond donors (Lipinski definition) is 0. The Morgan fingerprint density at radius 1 is 0.868 bits per heavy atom. The summed E-state index contributed by atoms with van der Waals surface area (Å²) in [6.07, 6.45) is 11.0. The van der Waals surface area contributed by atoms with Crippen molar-refractivity contribution in [2.75, 3.05) is 13.2 Å². The van der Waals surface area contributed by atoms with E-state index in [4.69, 9.17) is 13.9 Å². The van der Waals surface area contributed by atoms with E-state index in [-0.39, 0.29) is 11.4 Å². The quantitative estimate of drug-likeness (QED) is 0.140. The topological polar surface area (TPSA) is 78.6 Å². The first-order chi connectivity index (χ1) is 18.3. The van der Waals surface area contributed by atoms with Gasteiger partial charge in [0.1, 0.15) is 0 Å². The first kappa shape index (κ1) is 29.4. The van der Waals surface area contributed by atoms with Crippen LogP contribution in [0.4, 0.5) is 0 Å². The van der Waals surface area contributed by atoms with Gasteiger partial charge in [-0.1, -0.05) is 81.7 Å². The third-order valence-corrected chi connectivity index (χ3v) is 7.14. The SMILES string of the molecule is CCC(C)(C)C(=O)OCCCCCCCCCCCOc1ccc2cc(-c3ccc(C)cc3)c(=O)oc2n1. The number of hydrogen-bond acceptors (Lipinski definition) is 6. The molecule has 206 valence electrons. The molecule has 0 unspecified atom stereocenters. The van der Waals surface area contributed by atoms with E-state index in [1.807, 2.05) is 70.2 Å². The predicted molar refractivity (Wildman–Crippen MR) is 153 cm³/mol. The van der Waals surface area contributed by atoms with Gasteiger partial charge in [0.25, 0.3) is 0 Å². The smallest absolute Gasteiger partial charge is 0.345 e. The van der Waals surface area contributed by atoms with Crippen LogP contribution in [-0.2, 0) is 9.53 Å². The van der Waals surface area contributed by atoms with Crippen LogP contribution in [-0.4, -0.2) is 24.2 Å². The van der Waals surface area contributed by atoms with Gasteiger partial charge >= 0.3 is 11.6 Å². The number of carbonyl (C=O) groups excluding carboxylic acids is 1. The normalized spacial score (nSPS) is 11.6. The van der Waals surface area contributed by atoms with Gasteiger partial charge in [0.2, 0.25) is 11.6 Å². The van der Waals surface area contributed by atoms with E-state index in [1.165, 1.54) is 32.1 Å². The minimum Gasteiger partial charge on any atom is -0.478 e. The Bertz CT molecular complexity index is 1210. The molecule has 0 bridgehead atoms. The molecule has 38 heavy (non-hydrogen) atoms. The lowest BCUT2D eigenvalue weighted by Gasteiger charge is -2.20. The van der Waals surface area contributed by atoms with Crippen molar-refractivity contribution in [3.63, 3.8) is 0 Å². The lowest BCUT2D eigenvalue weighted by Crippen LogP contribution is -2.26. The van der Waals surface area contributed by atoms with Gasteiger partial charge in [-0.2, -0.15) is 4.98 Å². The summed E-state index contributed by atoms with van der Waals surface area (Å²) in [7, 11) is 0. The number of esters is 1. The van der Waals surface area contributed by atoms with Crippen LogP contribution < -0.4 is 10.4 Å². The predicted octanol–water partition coefficient (Wildman–Crippen LogP) is 8.03. The minimum atomic E-state index is -0.398. The fourth-order valence-corrected chi connectivity index (χ4v) is 4.12. The molecule has 0 spiro atoms. The number of benzene rings is 1. The number of rotatable bonds is 16. The molecule has 0 aliphatic heterocycles. The van der Waals surface area contributed by atoms with Crippen molar-refractivity contribution in [1.82, 2.24) is 4.98 Å². The summed E-state index contributed by atoms with van der Waals surface area (Å²) in [6, 6.07) is 13.3. The summed E-state index contributed by atoms with van der Waals surface area (Å²) in [4.78, 5) is 28.8. The summed E-state index contributed by atoms with van der Waals surface area (Å²) in [5, 5.41) is 0.772. The number of aryl methyl sites for hydroxylation is 1. The molecule has 0 saturated carbocycles. The molecule has 0 radical (unpaired) electrons. The number of nitrogens with zero attached hydrogens (tertiary/aromatic N) is 1. The van der Waals surface area contributed by atoms with E-state index in [9.17, 15) is 9.59 Å². The van der Waals surface area contributed by atoms with Crippen LogP contribution in [0.15, 0.2) is 51.7 Å². The Morgan fingerprint density at radius 3 is 2.11 bits per heavy atom. The van der Waals surface area contributed by atoms with Crippen LogP contribution in [0.5, 0.6) is 5.88 Å². The summed E-state index contributed by atoms with van der Waals surface area (Å²) in [6.45, 7) is 9.03. The van der Waals surface area contributed by atoms with E-state index in [1.54, 1.807) is 0 Å². The van der Waals surface area contributed by atoms with Crippen LogP contribution >= 0.6 is 0 Å². The highest BCUT2D eigenvalue weighted by Gasteiger charge is 2.26. The zero-order valence-corrected chi connectivity index (χ0v) is 23.5. The van der Waals surface area contributed by atoms with Crippen molar-refractivity contribution < 1.29 is 18.7 Å². The average Bonchev–Trinajstić information content (AvgIpc) is 2.91. The molecule has 6 nitrogen and oxygen atoms in total. The highest BCUT2D eigenvalue weighted by atomic mass is 16.5. The van der Waals surface area contributed by atoms with E-state index in [0.29, 0.717) is 30.4 Å². The first-order valence-corrected chi connectivity index (χ1v) is 14.1. The molecule has 0 fully saturated rings. The zero-order valence-electron chi connectivity index (χ0n) is 23.5. The average molecular weight is 522 g/mol. The van der Waals surface area contributed by atoms with E-state index in [0.717, 1.165) is 48.6 Å². The Hall–Kier alpha value is -3.15. The molecule has 2 aromatic heterocycles. The maximum absolute atomic E-state index is 12.5. The number of aromatic nitrogens is 1. The molecule has 0 saturated heterocycles. The molecule has 0 amide bonds. The fourth-order valence-electron chi connectivity index (χ4n) is 4.12. The highest BCUT2D eigenvalue weighted by molar-refractivity contribution is 5.79. The molecule has 3 rings (SSSR count). The molecule has 0 aliphatic rings. The third kappa shape index (κ3) is 9.00. The van der Waals surface area contributed by atoms with Gasteiger partial charge in [-0.15, -0.1) is 0 Å². The highest BCUT2D eigenvalue weighted by Crippen LogP contribution is 2.23. The van der Waals surface area contributed by atoms with Crippen LogP contribution in [0.3, 0.4) is 0 Å². The molecule has 2 heterocycles. The number of fused-ring (bicyclic) bond motifs is 1. The number of unbranched alkanes of at least 4 members (excludes halogenated alkanes) is 8. The van der Waals surface area contributed by atoms with Gasteiger partial charge in [-0.3, -0.25) is 4.79 Å². The second kappa shape index (κ2) is 14.7. The summed E-state index contributed by atoms with van der Waals surface area (Å²) in [5.41, 5.74) is 2.03. The molecule has 0 aliphatic carbocycles. The number of pyridine rings is 1. The monoisotopic (exact) mass is 521 g/mol. The lowest BCUT2D eigenvalue weighted by atomic mass is 9.91. The van der Waals surface area contributed by atoms with Crippen molar-refractivity contribution in [1.29, 1.82) is 0 Å². The molecular formula is C32H43NO5. The van der Waals surface area contributed by atoms with Crippen LogP contribution in [0.2, 0.25) is 0 Å². The second-order valence-electron chi connectivity index (χ2n) is 10.8. The summed E-state index contributed by atoms with van der Waals surface area (Å²) in [5.74, 6) is 0.395. The Labute approximate surface area is 226 Å². The number of carbonyl (C=O) groups is 1. The molecule has 6 heteroatoms. The molecular weight excluding hydrogens is 478 g/mol. The zero-order chi connectivity index (χ0) is 27.4. The largest absolute Gasteiger partial charge is 0.478 e. The van der Waals surface area contributed by atoms with Crippen LogP contribution in [0.1, 0.15) is 90.5 Å². The first-order valence-electron chi connectivity index (χ1n) is 14.1. The van der Waals surface area contributed by atoms with Gasteiger partial charge in [0.05, 0.1) is 24.2 Å². The Kier molecular flexibility index (Phi) is 11.4. The molecule has 0 atom stereocenters. The fraction of sp³-hybridized carbons (Fsp3) is 0.531. The summed E-state index contributed by atoms with van der Waals surface area (Å²) < 4.78 is 16.7. The Morgan fingerprint density at radius 2 is 1.47 bits per heavy atom. The molecule has 0 N–H and O–H groups in total. The Balaban J connectivity index is 1.26. The second-order valence-corrected chi connectivity index (χ2v) is 10.8. The lowest BCUT2D eigenvalue weighted by molar-refractivity contribution is -0.154. The standard InChI is InChI=1S/C32H43NO5/c1-5-32(3,4)31(35)37-22-14-12-10-8-6-7-9-11-13-21-36-28-20-19-26-23-27(30(34)38-29(26)33-28)25-17-15-24(2)16-18-25/h15-20,23H,5-14,21-22H2,1-4H3. The molecule has 1 aromatic carbocycles. The van der Waals surface area contributed by atoms with Crippen molar-refractivity contribution in [2.45, 2.75) is 91.9 Å². The third-order valence-electron chi connectivity index (χ3n) is 7.14. The number of ether oxygens (including phenoxy) is 2. The summed E-state index contributed by atoms with van der Waals surface area (Å²) >= 11 is 0. The maximum Gasteiger partial charge on any atom is 0.345 e. The van der Waals surface area contributed by atoms with Gasteiger partial charge in [-0.25, -0.2) is 4.79 Å². The van der Waals surface area contributed by atoms with Crippen molar-refractivity contribution in [3.05, 3.63) is 58.4 Å². The van der Waals surface area contributed by atoms with Gasteiger partial charge in [-0.05, 0) is 57.7 Å². The van der Waals surface area contributed by atoms with Gasteiger partial charge in [0.15, 0.2) is 0 Å². The van der Waals surface area contributed by atoms with Crippen molar-refractivity contribution >= 4 is 17.1 Å². The van der Waals surface area contributed by atoms with Crippen LogP contribution in [0.25, 0.3) is 22.2 Å². The molecule has 3 aromatic rings. The van der Waals surface area contributed by atoms with E-state index in [2.05, 4.69) is 4.98 Å². The van der Waals surface area contributed by atoms with Crippen LogP contribution in [0, 0.1) is 12.3 Å². The maximum atomic E-state index is 12.5. The van der Waals surface area contributed by atoms with Crippen molar-refractivity contribution in [3.8, 4) is 17.0 Å². The minimum absolute atomic E-state index is 0.0838. The van der Waals surface area contributed by atoms with E-state index >= 15 is 0 Å². The van der Waals surface area contributed by atoms with Gasteiger partial charge < -0.3 is 13.9 Å².